The molecule has 6 nitrogen and oxygen atoms in total. The zero-order valence-electron chi connectivity index (χ0n) is 9.88. The van der Waals surface area contributed by atoms with Crippen LogP contribution in [0.3, 0.4) is 0 Å². The minimum atomic E-state index is -0.284. The van der Waals surface area contributed by atoms with E-state index in [0.717, 1.165) is 15.9 Å². The van der Waals surface area contributed by atoms with Gasteiger partial charge >= 0.3 is 6.03 Å². The van der Waals surface area contributed by atoms with Crippen molar-refractivity contribution < 1.29 is 4.79 Å². The molecule has 1 aromatic carbocycles. The number of fused-ring (bicyclic) bond motifs is 1. The van der Waals surface area contributed by atoms with Gasteiger partial charge in [0, 0.05) is 6.20 Å². The minimum absolute atomic E-state index is 0.284. The number of amides is 2. The molecule has 2 amide bonds. The minimum Gasteiger partial charge on any atom is -0.332 e. The lowest BCUT2D eigenvalue weighted by molar-refractivity contribution is 0.251. The van der Waals surface area contributed by atoms with Crippen molar-refractivity contribution >= 4 is 32.7 Å². The van der Waals surface area contributed by atoms with Crippen LogP contribution in [0.15, 0.2) is 36.5 Å². The normalized spacial score (nSPS) is 10.5. The molecule has 0 aliphatic carbocycles. The van der Waals surface area contributed by atoms with E-state index in [1.54, 1.807) is 12.3 Å². The first-order valence-electron chi connectivity index (χ1n) is 5.70. The molecule has 0 unspecified atom stereocenters. The van der Waals surface area contributed by atoms with Crippen LogP contribution in [-0.4, -0.2) is 21.2 Å². The molecule has 0 saturated carbocycles. The first-order valence-corrected chi connectivity index (χ1v) is 6.51. The van der Waals surface area contributed by atoms with Crippen LogP contribution in [0.2, 0.25) is 0 Å². The predicted molar refractivity (Wildman–Crippen MR) is 74.1 cm³/mol. The van der Waals surface area contributed by atoms with E-state index in [1.807, 2.05) is 24.3 Å². The summed E-state index contributed by atoms with van der Waals surface area (Å²) in [4.78, 5) is 16.0. The third-order valence-electron chi connectivity index (χ3n) is 2.51. The molecule has 2 heterocycles. The molecule has 0 aliphatic rings. The van der Waals surface area contributed by atoms with E-state index in [2.05, 4.69) is 25.8 Å². The Labute approximate surface area is 112 Å². The second-order valence-electron chi connectivity index (χ2n) is 3.88. The maximum Gasteiger partial charge on any atom is 0.321 e. The van der Waals surface area contributed by atoms with E-state index in [4.69, 9.17) is 0 Å². The molecule has 2 aromatic heterocycles. The maximum atomic E-state index is 11.7. The first kappa shape index (κ1) is 11.7. The van der Waals surface area contributed by atoms with Gasteiger partial charge in [0.25, 0.3) is 0 Å². The van der Waals surface area contributed by atoms with Gasteiger partial charge in [-0.05, 0) is 18.2 Å². The summed E-state index contributed by atoms with van der Waals surface area (Å²) in [6.07, 6.45) is 1.64. The van der Waals surface area contributed by atoms with Crippen molar-refractivity contribution in [3.8, 4) is 0 Å². The number of urea groups is 1. The predicted octanol–water partition coefficient (Wildman–Crippen LogP) is 2.34. The summed E-state index contributed by atoms with van der Waals surface area (Å²) in [5.74, 6) is 0. The SMILES string of the molecule is O=C(NCc1ccn[nH]1)Nc1nc2ccccc2s1. The number of H-pyrrole nitrogens is 1. The van der Waals surface area contributed by atoms with E-state index in [-0.39, 0.29) is 6.03 Å². The van der Waals surface area contributed by atoms with E-state index in [1.165, 1.54) is 11.3 Å². The zero-order valence-corrected chi connectivity index (χ0v) is 10.7. The molecule has 3 aromatic rings. The number of carbonyl (C=O) groups excluding carboxylic acids is 1. The lowest BCUT2D eigenvalue weighted by atomic mass is 10.3. The summed E-state index contributed by atoms with van der Waals surface area (Å²) in [7, 11) is 0. The van der Waals surface area contributed by atoms with Gasteiger partial charge in [0.05, 0.1) is 22.5 Å². The maximum absolute atomic E-state index is 11.7. The molecule has 0 atom stereocenters. The molecule has 7 heteroatoms. The number of nitrogens with one attached hydrogen (secondary N) is 3. The lowest BCUT2D eigenvalue weighted by Gasteiger charge is -2.03. The smallest absolute Gasteiger partial charge is 0.321 e. The first-order chi connectivity index (χ1) is 9.31. The van der Waals surface area contributed by atoms with Crippen molar-refractivity contribution in [3.05, 3.63) is 42.2 Å². The van der Waals surface area contributed by atoms with E-state index in [9.17, 15) is 4.79 Å². The monoisotopic (exact) mass is 273 g/mol. The number of carbonyl (C=O) groups is 1. The van der Waals surface area contributed by atoms with Crippen LogP contribution in [0.4, 0.5) is 9.93 Å². The van der Waals surface area contributed by atoms with Crippen LogP contribution in [0.5, 0.6) is 0 Å². The zero-order chi connectivity index (χ0) is 13.1. The molecular formula is C12H11N5OS. The van der Waals surface area contributed by atoms with E-state index in [0.29, 0.717) is 11.7 Å². The second kappa shape index (κ2) is 5.07. The molecule has 3 N–H and O–H groups in total. The Hall–Kier alpha value is -2.41. The van der Waals surface area contributed by atoms with Crippen molar-refractivity contribution in [2.75, 3.05) is 5.32 Å². The molecule has 0 saturated heterocycles. The van der Waals surface area contributed by atoms with Crippen molar-refractivity contribution in [2.45, 2.75) is 6.54 Å². The Bertz CT molecular complexity index is 658. The number of anilines is 1. The number of rotatable bonds is 3. The fourth-order valence-corrected chi connectivity index (χ4v) is 2.49. The van der Waals surface area contributed by atoms with Crippen molar-refractivity contribution in [3.63, 3.8) is 0 Å². The number of hydrogen-bond acceptors (Lipinski definition) is 4. The lowest BCUT2D eigenvalue weighted by Crippen LogP contribution is -2.28. The van der Waals surface area contributed by atoms with Crippen LogP contribution in [0.1, 0.15) is 5.69 Å². The second-order valence-corrected chi connectivity index (χ2v) is 4.91. The number of thiazole rings is 1. The quantitative estimate of drug-likeness (QED) is 0.685. The Kier molecular flexibility index (Phi) is 3.11. The summed E-state index contributed by atoms with van der Waals surface area (Å²) in [5, 5.41) is 12.6. The van der Waals surface area contributed by atoms with Crippen molar-refractivity contribution in [2.24, 2.45) is 0 Å². The molecule has 96 valence electrons. The molecule has 0 spiro atoms. The summed E-state index contributed by atoms with van der Waals surface area (Å²) in [6, 6.07) is 9.28. The van der Waals surface area contributed by atoms with Gasteiger partial charge in [0.15, 0.2) is 5.13 Å². The summed E-state index contributed by atoms with van der Waals surface area (Å²) in [5.41, 5.74) is 1.73. The molecule has 0 aliphatic heterocycles. The Morgan fingerprint density at radius 3 is 3.00 bits per heavy atom. The number of aromatic amines is 1. The molecule has 3 rings (SSSR count). The van der Waals surface area contributed by atoms with Gasteiger partial charge in [-0.2, -0.15) is 5.10 Å². The van der Waals surface area contributed by atoms with Crippen molar-refractivity contribution in [1.82, 2.24) is 20.5 Å². The standard InChI is InChI=1S/C12H11N5OS/c18-11(13-7-8-5-6-14-17-8)16-12-15-9-3-1-2-4-10(9)19-12/h1-6H,7H2,(H,14,17)(H2,13,15,16,18). The van der Waals surface area contributed by atoms with Gasteiger partial charge in [0.2, 0.25) is 0 Å². The third-order valence-corrected chi connectivity index (χ3v) is 3.46. The highest BCUT2D eigenvalue weighted by Gasteiger charge is 2.07. The number of nitrogens with zero attached hydrogens (tertiary/aromatic N) is 2. The highest BCUT2D eigenvalue weighted by molar-refractivity contribution is 7.22. The number of hydrogen-bond donors (Lipinski definition) is 3. The Balaban J connectivity index is 1.62. The highest BCUT2D eigenvalue weighted by Crippen LogP contribution is 2.25. The fraction of sp³-hybridized carbons (Fsp3) is 0.0833. The molecule has 0 bridgehead atoms. The third kappa shape index (κ3) is 2.71. The molecule has 0 radical (unpaired) electrons. The summed E-state index contributed by atoms with van der Waals surface area (Å²) >= 11 is 1.45. The van der Waals surface area contributed by atoms with Gasteiger partial charge < -0.3 is 5.32 Å². The van der Waals surface area contributed by atoms with Crippen LogP contribution in [0, 0.1) is 0 Å². The number of aromatic nitrogens is 3. The molecule has 19 heavy (non-hydrogen) atoms. The summed E-state index contributed by atoms with van der Waals surface area (Å²) < 4.78 is 1.05. The topological polar surface area (TPSA) is 82.7 Å². The van der Waals surface area contributed by atoms with Gasteiger partial charge in [0.1, 0.15) is 0 Å². The largest absolute Gasteiger partial charge is 0.332 e. The molecular weight excluding hydrogens is 262 g/mol. The average Bonchev–Trinajstić information content (AvgIpc) is 3.04. The van der Waals surface area contributed by atoms with Gasteiger partial charge in [-0.1, -0.05) is 23.5 Å². The van der Waals surface area contributed by atoms with E-state index < -0.39 is 0 Å². The van der Waals surface area contributed by atoms with Crippen LogP contribution in [-0.2, 0) is 6.54 Å². The van der Waals surface area contributed by atoms with Crippen molar-refractivity contribution in [1.29, 1.82) is 0 Å². The van der Waals surface area contributed by atoms with Crippen LogP contribution < -0.4 is 10.6 Å². The van der Waals surface area contributed by atoms with Gasteiger partial charge in [-0.3, -0.25) is 10.4 Å². The van der Waals surface area contributed by atoms with Gasteiger partial charge in [-0.25, -0.2) is 9.78 Å². The number of benzene rings is 1. The van der Waals surface area contributed by atoms with Crippen LogP contribution >= 0.6 is 11.3 Å². The Morgan fingerprint density at radius 2 is 2.21 bits per heavy atom. The summed E-state index contributed by atoms with van der Waals surface area (Å²) in [6.45, 7) is 0.400. The Morgan fingerprint density at radius 1 is 1.32 bits per heavy atom. The fourth-order valence-electron chi connectivity index (χ4n) is 1.63. The highest BCUT2D eigenvalue weighted by atomic mass is 32.1. The average molecular weight is 273 g/mol. The van der Waals surface area contributed by atoms with E-state index >= 15 is 0 Å². The van der Waals surface area contributed by atoms with Gasteiger partial charge in [-0.15, -0.1) is 0 Å². The number of para-hydroxylation sites is 1. The molecule has 0 fully saturated rings. The van der Waals surface area contributed by atoms with Crippen LogP contribution in [0.25, 0.3) is 10.2 Å².